The van der Waals surface area contributed by atoms with Crippen molar-refractivity contribution in [3.8, 4) is 11.3 Å². The van der Waals surface area contributed by atoms with Crippen LogP contribution in [0.15, 0.2) is 41.0 Å². The number of nitrogens with zero attached hydrogens (tertiary/aromatic N) is 3. The summed E-state index contributed by atoms with van der Waals surface area (Å²) in [7, 11) is 0. The van der Waals surface area contributed by atoms with Crippen molar-refractivity contribution in [3.05, 3.63) is 46.0 Å². The molecule has 2 aromatic heterocycles. The highest BCUT2D eigenvalue weighted by Gasteiger charge is 2.14. The highest BCUT2D eigenvalue weighted by atomic mass is 79.9. The first-order chi connectivity index (χ1) is 10.6. The molecular weight excluding hydrogens is 368 g/mol. The molecule has 114 valence electrons. The first-order valence-electron chi connectivity index (χ1n) is 6.76. The minimum absolute atomic E-state index is 0.0215. The fourth-order valence-corrected chi connectivity index (χ4v) is 2.72. The summed E-state index contributed by atoms with van der Waals surface area (Å²) >= 11 is 9.73. The van der Waals surface area contributed by atoms with Gasteiger partial charge in [0.25, 0.3) is 0 Å². The second kappa shape index (κ2) is 6.24. The Morgan fingerprint density at radius 3 is 2.91 bits per heavy atom. The SMILES string of the molecule is C[C@@H](CO)Nc1cc(-c2ccccc2Cl)nc2c(Br)cnn12. The second-order valence-corrected chi connectivity index (χ2v) is 6.22. The number of aromatic nitrogens is 3. The summed E-state index contributed by atoms with van der Waals surface area (Å²) in [6, 6.07) is 9.32. The lowest BCUT2D eigenvalue weighted by molar-refractivity contribution is 0.281. The number of aliphatic hydroxyl groups is 1. The zero-order valence-electron chi connectivity index (χ0n) is 11.8. The van der Waals surface area contributed by atoms with Gasteiger partial charge < -0.3 is 10.4 Å². The quantitative estimate of drug-likeness (QED) is 0.725. The van der Waals surface area contributed by atoms with Crippen molar-refractivity contribution in [2.45, 2.75) is 13.0 Å². The predicted octanol–water partition coefficient (Wildman–Crippen LogP) is 3.60. The van der Waals surface area contributed by atoms with Crippen LogP contribution < -0.4 is 5.32 Å². The zero-order valence-corrected chi connectivity index (χ0v) is 14.1. The van der Waals surface area contributed by atoms with Gasteiger partial charge in [0.1, 0.15) is 5.82 Å². The number of benzene rings is 1. The zero-order chi connectivity index (χ0) is 15.7. The van der Waals surface area contributed by atoms with Gasteiger partial charge in [-0.25, -0.2) is 4.98 Å². The molecule has 5 nitrogen and oxygen atoms in total. The van der Waals surface area contributed by atoms with Gasteiger partial charge in [0.05, 0.1) is 23.0 Å². The maximum absolute atomic E-state index is 9.27. The van der Waals surface area contributed by atoms with Crippen molar-refractivity contribution in [1.82, 2.24) is 14.6 Å². The average Bonchev–Trinajstić information content (AvgIpc) is 2.89. The summed E-state index contributed by atoms with van der Waals surface area (Å²) in [6.45, 7) is 1.91. The topological polar surface area (TPSA) is 62.5 Å². The molecule has 0 spiro atoms. The molecule has 0 radical (unpaired) electrons. The fraction of sp³-hybridized carbons (Fsp3) is 0.200. The van der Waals surface area contributed by atoms with E-state index in [1.165, 1.54) is 0 Å². The summed E-state index contributed by atoms with van der Waals surface area (Å²) in [5, 5.41) is 17.4. The van der Waals surface area contributed by atoms with Crippen LogP contribution in [-0.2, 0) is 0 Å². The van der Waals surface area contributed by atoms with Gasteiger partial charge in [-0.05, 0) is 28.9 Å². The van der Waals surface area contributed by atoms with Crippen LogP contribution in [0.5, 0.6) is 0 Å². The predicted molar refractivity (Wildman–Crippen MR) is 91.3 cm³/mol. The lowest BCUT2D eigenvalue weighted by atomic mass is 10.1. The molecule has 0 saturated carbocycles. The third-order valence-electron chi connectivity index (χ3n) is 3.25. The molecule has 0 aliphatic heterocycles. The number of rotatable bonds is 4. The summed E-state index contributed by atoms with van der Waals surface area (Å²) in [5.41, 5.74) is 2.27. The summed E-state index contributed by atoms with van der Waals surface area (Å²) in [6.07, 6.45) is 1.69. The van der Waals surface area contributed by atoms with Crippen molar-refractivity contribution in [2.24, 2.45) is 0 Å². The van der Waals surface area contributed by atoms with Crippen LogP contribution in [0.4, 0.5) is 5.82 Å². The molecule has 0 saturated heterocycles. The van der Waals surface area contributed by atoms with Crippen LogP contribution in [-0.4, -0.2) is 32.4 Å². The number of halogens is 2. The Morgan fingerprint density at radius 2 is 2.18 bits per heavy atom. The Balaban J connectivity index is 2.19. The van der Waals surface area contributed by atoms with Crippen LogP contribution in [0.25, 0.3) is 16.9 Å². The molecule has 3 rings (SSSR count). The van der Waals surface area contributed by atoms with Gasteiger partial charge in [-0.1, -0.05) is 29.8 Å². The number of hydrogen-bond acceptors (Lipinski definition) is 4. The van der Waals surface area contributed by atoms with Gasteiger partial charge in [-0.15, -0.1) is 0 Å². The third kappa shape index (κ3) is 2.82. The van der Waals surface area contributed by atoms with Crippen molar-refractivity contribution < 1.29 is 5.11 Å². The molecule has 3 aromatic rings. The molecular formula is C15H14BrClN4O. The smallest absolute Gasteiger partial charge is 0.172 e. The normalized spacial score (nSPS) is 12.5. The highest BCUT2D eigenvalue weighted by molar-refractivity contribution is 9.10. The lowest BCUT2D eigenvalue weighted by Crippen LogP contribution is -2.21. The molecule has 1 atom stereocenters. The molecule has 0 aliphatic rings. The van der Waals surface area contributed by atoms with E-state index in [4.69, 9.17) is 11.6 Å². The second-order valence-electron chi connectivity index (χ2n) is 4.96. The minimum atomic E-state index is -0.104. The van der Waals surface area contributed by atoms with E-state index >= 15 is 0 Å². The van der Waals surface area contributed by atoms with Gasteiger partial charge >= 0.3 is 0 Å². The van der Waals surface area contributed by atoms with Crippen LogP contribution in [0.2, 0.25) is 5.02 Å². The Bertz CT molecular complexity index is 820. The first kappa shape index (κ1) is 15.3. The van der Waals surface area contributed by atoms with E-state index in [1.54, 1.807) is 10.7 Å². The van der Waals surface area contributed by atoms with E-state index in [2.05, 4.69) is 31.3 Å². The van der Waals surface area contributed by atoms with Gasteiger partial charge in [0, 0.05) is 22.7 Å². The number of hydrogen-bond donors (Lipinski definition) is 2. The molecule has 22 heavy (non-hydrogen) atoms. The fourth-order valence-electron chi connectivity index (χ4n) is 2.14. The Kier molecular flexibility index (Phi) is 4.33. The molecule has 0 fully saturated rings. The maximum Gasteiger partial charge on any atom is 0.172 e. The molecule has 1 aromatic carbocycles. The molecule has 7 heteroatoms. The largest absolute Gasteiger partial charge is 0.394 e. The summed E-state index contributed by atoms with van der Waals surface area (Å²) in [5.74, 6) is 0.743. The van der Waals surface area contributed by atoms with E-state index in [0.29, 0.717) is 10.7 Å². The monoisotopic (exact) mass is 380 g/mol. The maximum atomic E-state index is 9.27. The number of aliphatic hydroxyl groups excluding tert-OH is 1. The lowest BCUT2D eigenvalue weighted by Gasteiger charge is -2.15. The average molecular weight is 382 g/mol. The Hall–Kier alpha value is -1.63. The molecule has 2 heterocycles. The van der Waals surface area contributed by atoms with Crippen molar-refractivity contribution >= 4 is 39.0 Å². The number of anilines is 1. The number of fused-ring (bicyclic) bond motifs is 1. The van der Waals surface area contributed by atoms with E-state index in [0.717, 1.165) is 21.5 Å². The molecule has 2 N–H and O–H groups in total. The van der Waals surface area contributed by atoms with E-state index in [1.807, 2.05) is 37.3 Å². The summed E-state index contributed by atoms with van der Waals surface area (Å²) in [4.78, 5) is 4.63. The van der Waals surface area contributed by atoms with Gasteiger partial charge in [0.2, 0.25) is 0 Å². The standard InChI is InChI=1S/C15H14BrClN4O/c1-9(8-22)19-14-6-13(10-4-2-3-5-12(10)17)20-15-11(16)7-18-21(14)15/h2-7,9,19,22H,8H2,1H3/t9-/m0/s1. The number of nitrogens with one attached hydrogen (secondary N) is 1. The van der Waals surface area contributed by atoms with Crippen LogP contribution in [0, 0.1) is 0 Å². The van der Waals surface area contributed by atoms with Crippen molar-refractivity contribution in [2.75, 3.05) is 11.9 Å². The first-order valence-corrected chi connectivity index (χ1v) is 7.94. The van der Waals surface area contributed by atoms with E-state index in [9.17, 15) is 5.11 Å². The van der Waals surface area contributed by atoms with Gasteiger partial charge in [0.15, 0.2) is 5.65 Å². The minimum Gasteiger partial charge on any atom is -0.394 e. The van der Waals surface area contributed by atoms with Gasteiger partial charge in [-0.3, -0.25) is 0 Å². The van der Waals surface area contributed by atoms with Crippen molar-refractivity contribution in [1.29, 1.82) is 0 Å². The van der Waals surface area contributed by atoms with Crippen LogP contribution >= 0.6 is 27.5 Å². The van der Waals surface area contributed by atoms with Crippen molar-refractivity contribution in [3.63, 3.8) is 0 Å². The molecule has 0 amide bonds. The molecule has 0 bridgehead atoms. The Morgan fingerprint density at radius 1 is 1.41 bits per heavy atom. The van der Waals surface area contributed by atoms with Gasteiger partial charge in [-0.2, -0.15) is 9.61 Å². The van der Waals surface area contributed by atoms with Crippen LogP contribution in [0.3, 0.4) is 0 Å². The summed E-state index contributed by atoms with van der Waals surface area (Å²) < 4.78 is 2.48. The molecule has 0 aliphatic carbocycles. The van der Waals surface area contributed by atoms with E-state index in [-0.39, 0.29) is 12.6 Å². The van der Waals surface area contributed by atoms with Crippen LogP contribution in [0.1, 0.15) is 6.92 Å². The third-order valence-corrected chi connectivity index (χ3v) is 4.14. The Labute approximate surface area is 141 Å². The highest BCUT2D eigenvalue weighted by Crippen LogP contribution is 2.30. The molecule has 0 unspecified atom stereocenters. The van der Waals surface area contributed by atoms with E-state index < -0.39 is 0 Å².